The van der Waals surface area contributed by atoms with Gasteiger partial charge < -0.3 is 25.5 Å². The Morgan fingerprint density at radius 1 is 1.05 bits per heavy atom. The van der Waals surface area contributed by atoms with E-state index in [4.69, 9.17) is 4.74 Å². The number of para-hydroxylation sites is 2. The van der Waals surface area contributed by atoms with Crippen LogP contribution in [0, 0.1) is 16.7 Å². The van der Waals surface area contributed by atoms with Gasteiger partial charge in [-0.05, 0) is 79.9 Å². The summed E-state index contributed by atoms with van der Waals surface area (Å²) in [4.78, 5) is 16.4. The fraction of sp³-hybridized carbons (Fsp3) is 0.545. The minimum Gasteiger partial charge on any atom is -0.496 e. The zero-order valence-electron chi connectivity index (χ0n) is 24.0. The Hall–Kier alpha value is -2.83. The van der Waals surface area contributed by atoms with E-state index in [2.05, 4.69) is 59.8 Å². The summed E-state index contributed by atoms with van der Waals surface area (Å²) >= 11 is 0. The Morgan fingerprint density at radius 3 is 2.64 bits per heavy atom. The number of H-pyrrole nitrogens is 1. The van der Waals surface area contributed by atoms with E-state index in [1.165, 1.54) is 10.9 Å². The molecule has 2 fully saturated rings. The summed E-state index contributed by atoms with van der Waals surface area (Å²) in [5, 5.41) is 19.4. The van der Waals surface area contributed by atoms with Crippen molar-refractivity contribution in [2.45, 2.75) is 83.9 Å². The van der Waals surface area contributed by atoms with E-state index in [1.54, 1.807) is 7.11 Å². The van der Waals surface area contributed by atoms with Gasteiger partial charge in [0.15, 0.2) is 0 Å². The number of aromatic amines is 1. The molecule has 0 spiro atoms. The van der Waals surface area contributed by atoms with Gasteiger partial charge in [-0.3, -0.25) is 4.79 Å². The van der Waals surface area contributed by atoms with Crippen LogP contribution in [0.15, 0.2) is 54.7 Å². The number of ether oxygens (including phenoxy) is 1. The summed E-state index contributed by atoms with van der Waals surface area (Å²) in [5.41, 5.74) is 2.92. The monoisotopic (exact) mass is 531 g/mol. The average Bonchev–Trinajstić information content (AvgIpc) is 3.42. The zero-order valence-corrected chi connectivity index (χ0v) is 24.0. The molecule has 6 nitrogen and oxygen atoms in total. The van der Waals surface area contributed by atoms with Gasteiger partial charge in [-0.2, -0.15) is 0 Å². The first-order valence-corrected chi connectivity index (χ1v) is 14.5. The summed E-state index contributed by atoms with van der Waals surface area (Å²) in [7, 11) is 1.72. The number of benzene rings is 2. The summed E-state index contributed by atoms with van der Waals surface area (Å²) in [6.07, 6.45) is 7.72. The van der Waals surface area contributed by atoms with Crippen LogP contribution in [0.2, 0.25) is 0 Å². The molecule has 4 unspecified atom stereocenters. The predicted octanol–water partition coefficient (Wildman–Crippen LogP) is 5.74. The second-order valence-electron chi connectivity index (χ2n) is 12.9. The summed E-state index contributed by atoms with van der Waals surface area (Å²) in [6.45, 7) is 8.04. The van der Waals surface area contributed by atoms with Crippen molar-refractivity contribution in [3.8, 4) is 5.75 Å². The Labute approximate surface area is 232 Å². The smallest absolute Gasteiger partial charge is 0.220 e. The van der Waals surface area contributed by atoms with E-state index in [1.807, 2.05) is 31.3 Å². The van der Waals surface area contributed by atoms with Gasteiger partial charge in [0, 0.05) is 48.2 Å². The van der Waals surface area contributed by atoms with Crippen LogP contribution in [0.25, 0.3) is 10.9 Å². The first-order valence-electron chi connectivity index (χ1n) is 14.5. The van der Waals surface area contributed by atoms with Crippen molar-refractivity contribution in [3.63, 3.8) is 0 Å². The number of aliphatic hydroxyl groups is 1. The number of fused-ring (bicyclic) bond motifs is 2. The highest BCUT2D eigenvalue weighted by Gasteiger charge is 2.61. The van der Waals surface area contributed by atoms with Crippen LogP contribution in [0.5, 0.6) is 5.75 Å². The number of carbonyl (C=O) groups is 1. The van der Waals surface area contributed by atoms with Crippen LogP contribution >= 0.6 is 0 Å². The first-order chi connectivity index (χ1) is 18.6. The third kappa shape index (κ3) is 5.73. The predicted molar refractivity (Wildman–Crippen MR) is 157 cm³/mol. The Balaban J connectivity index is 1.26. The number of rotatable bonds is 10. The van der Waals surface area contributed by atoms with Crippen molar-refractivity contribution in [1.82, 2.24) is 15.6 Å². The summed E-state index contributed by atoms with van der Waals surface area (Å²) < 4.78 is 5.60. The lowest BCUT2D eigenvalue weighted by atomic mass is 9.57. The molecule has 6 heteroatoms. The van der Waals surface area contributed by atoms with Gasteiger partial charge in [-0.15, -0.1) is 0 Å². The van der Waals surface area contributed by atoms with E-state index >= 15 is 0 Å². The van der Waals surface area contributed by atoms with Crippen LogP contribution in [0.3, 0.4) is 0 Å². The van der Waals surface area contributed by atoms with Crippen molar-refractivity contribution in [3.05, 3.63) is 65.9 Å². The topological polar surface area (TPSA) is 86.4 Å². The SMILES string of the molecule is COc1ccccc1CNC1CC(C)(C)C2CC(C)(O)CCC12CCC(=O)NCCc1c[nH]c2ccccc12. The number of hydrogen-bond donors (Lipinski definition) is 4. The molecule has 0 radical (unpaired) electrons. The number of methoxy groups -OCH3 is 1. The van der Waals surface area contributed by atoms with Crippen molar-refractivity contribution in [1.29, 1.82) is 0 Å². The minimum atomic E-state index is -0.648. The van der Waals surface area contributed by atoms with Crippen molar-refractivity contribution in [2.75, 3.05) is 13.7 Å². The standard InChI is InChI=1S/C33H45N3O3/c1-31(2)20-29(36-22-24-9-5-8-12-27(24)39-4)33(17-16-32(3,38)19-28(31)33)15-13-30(37)34-18-14-23-21-35-26-11-7-6-10-25(23)26/h5-12,21,28-29,35-36,38H,13-20,22H2,1-4H3,(H,34,37). The van der Waals surface area contributed by atoms with Gasteiger partial charge in [0.1, 0.15) is 5.75 Å². The fourth-order valence-electron chi connectivity index (χ4n) is 7.71. The molecular weight excluding hydrogens is 486 g/mol. The number of carbonyl (C=O) groups excluding carboxylic acids is 1. The lowest BCUT2D eigenvalue weighted by Gasteiger charge is -2.51. The molecule has 210 valence electrons. The highest BCUT2D eigenvalue weighted by Crippen LogP contribution is 2.63. The maximum atomic E-state index is 13.1. The van der Waals surface area contributed by atoms with Gasteiger partial charge in [-0.1, -0.05) is 50.2 Å². The van der Waals surface area contributed by atoms with Crippen LogP contribution in [-0.4, -0.2) is 41.3 Å². The van der Waals surface area contributed by atoms with Crippen LogP contribution in [0.4, 0.5) is 0 Å². The number of nitrogens with one attached hydrogen (secondary N) is 3. The molecule has 2 aromatic carbocycles. The molecule has 2 aliphatic rings. The maximum absolute atomic E-state index is 13.1. The average molecular weight is 532 g/mol. The second kappa shape index (κ2) is 11.0. The molecule has 0 aliphatic heterocycles. The molecule has 5 rings (SSSR count). The molecule has 0 saturated heterocycles. The van der Waals surface area contributed by atoms with E-state index in [-0.39, 0.29) is 22.8 Å². The van der Waals surface area contributed by atoms with E-state index < -0.39 is 5.60 Å². The minimum absolute atomic E-state index is 0.0259. The number of amides is 1. The molecule has 39 heavy (non-hydrogen) atoms. The number of hydrogen-bond acceptors (Lipinski definition) is 4. The Morgan fingerprint density at radius 2 is 1.82 bits per heavy atom. The van der Waals surface area contributed by atoms with Gasteiger partial charge in [0.25, 0.3) is 0 Å². The lowest BCUT2D eigenvalue weighted by molar-refractivity contribution is -0.123. The highest BCUT2D eigenvalue weighted by atomic mass is 16.5. The maximum Gasteiger partial charge on any atom is 0.220 e. The van der Waals surface area contributed by atoms with Crippen molar-refractivity contribution in [2.24, 2.45) is 16.7 Å². The zero-order chi connectivity index (χ0) is 27.7. The van der Waals surface area contributed by atoms with Gasteiger partial charge in [0.2, 0.25) is 5.91 Å². The Bertz CT molecular complexity index is 1300. The molecule has 3 aromatic rings. The van der Waals surface area contributed by atoms with E-state index in [9.17, 15) is 9.90 Å². The van der Waals surface area contributed by atoms with Crippen molar-refractivity contribution < 1.29 is 14.6 Å². The quantitative estimate of drug-likeness (QED) is 0.269. The van der Waals surface area contributed by atoms with Gasteiger partial charge in [-0.25, -0.2) is 0 Å². The molecular formula is C33H45N3O3. The molecule has 4 atom stereocenters. The van der Waals surface area contributed by atoms with Crippen LogP contribution < -0.4 is 15.4 Å². The number of aromatic nitrogens is 1. The van der Waals surface area contributed by atoms with Crippen LogP contribution in [-0.2, 0) is 17.8 Å². The van der Waals surface area contributed by atoms with E-state index in [0.717, 1.165) is 61.9 Å². The van der Waals surface area contributed by atoms with E-state index in [0.29, 0.717) is 18.9 Å². The normalized spacial score (nSPS) is 27.8. The molecule has 4 N–H and O–H groups in total. The Kier molecular flexibility index (Phi) is 7.80. The molecule has 2 aliphatic carbocycles. The summed E-state index contributed by atoms with van der Waals surface area (Å²) in [5.74, 6) is 1.37. The summed E-state index contributed by atoms with van der Waals surface area (Å²) in [6, 6.07) is 16.7. The molecule has 0 bridgehead atoms. The molecule has 1 aromatic heterocycles. The lowest BCUT2D eigenvalue weighted by Crippen LogP contribution is -2.51. The van der Waals surface area contributed by atoms with Gasteiger partial charge >= 0.3 is 0 Å². The first kappa shape index (κ1) is 27.7. The third-order valence-corrected chi connectivity index (χ3v) is 9.77. The molecule has 1 amide bonds. The third-order valence-electron chi connectivity index (χ3n) is 9.77. The fourth-order valence-corrected chi connectivity index (χ4v) is 7.71. The van der Waals surface area contributed by atoms with Crippen LogP contribution in [0.1, 0.15) is 70.4 Å². The largest absolute Gasteiger partial charge is 0.496 e. The molecule has 1 heterocycles. The second-order valence-corrected chi connectivity index (χ2v) is 12.9. The highest BCUT2D eigenvalue weighted by molar-refractivity contribution is 5.83. The van der Waals surface area contributed by atoms with Crippen molar-refractivity contribution >= 4 is 16.8 Å². The van der Waals surface area contributed by atoms with Gasteiger partial charge in [0.05, 0.1) is 12.7 Å². The molecule has 2 saturated carbocycles.